The van der Waals surface area contributed by atoms with Gasteiger partial charge in [0.25, 0.3) is 0 Å². The summed E-state index contributed by atoms with van der Waals surface area (Å²) < 4.78 is 6.36. The Morgan fingerprint density at radius 2 is 2.29 bits per heavy atom. The third-order valence-electron chi connectivity index (χ3n) is 1.26. The Kier molecular flexibility index (Phi) is 3.98. The van der Waals surface area contributed by atoms with E-state index in [9.17, 15) is 4.79 Å². The summed E-state index contributed by atoms with van der Waals surface area (Å²) in [6.07, 6.45) is 5.01. The fourth-order valence-electron chi connectivity index (χ4n) is 0.753. The van der Waals surface area contributed by atoms with Gasteiger partial charge in [-0.2, -0.15) is 0 Å². The van der Waals surface area contributed by atoms with Gasteiger partial charge in [-0.05, 0) is 31.9 Å². The van der Waals surface area contributed by atoms with Gasteiger partial charge in [0.2, 0.25) is 0 Å². The average Bonchev–Trinajstić information content (AvgIpc) is 2.41. The van der Waals surface area contributed by atoms with Crippen LogP contribution in [0.2, 0.25) is 0 Å². The number of ether oxygens (including phenoxy) is 1. The first-order chi connectivity index (χ1) is 6.57. The molecule has 0 radical (unpaired) electrons. The highest BCUT2D eigenvalue weighted by atomic mass is 79.9. The lowest BCUT2D eigenvalue weighted by Gasteiger charge is -2.01. The van der Waals surface area contributed by atoms with Crippen LogP contribution >= 0.6 is 43.2 Å². The first kappa shape index (κ1) is 11.6. The molecule has 0 fully saturated rings. The van der Waals surface area contributed by atoms with E-state index >= 15 is 0 Å². The van der Waals surface area contributed by atoms with Crippen molar-refractivity contribution in [3.8, 4) is 18.1 Å². The molecule has 6 heteroatoms. The average molecular weight is 340 g/mol. The van der Waals surface area contributed by atoms with Crippen LogP contribution < -0.4 is 4.74 Å². The van der Waals surface area contributed by atoms with E-state index in [1.807, 2.05) is 0 Å². The summed E-state index contributed by atoms with van der Waals surface area (Å²) in [5, 5.41) is 8.84. The zero-order valence-corrected chi connectivity index (χ0v) is 10.7. The summed E-state index contributed by atoms with van der Waals surface area (Å²) in [6, 6.07) is 0. The number of rotatable bonds is 3. The second-order valence-electron chi connectivity index (χ2n) is 2.15. The van der Waals surface area contributed by atoms with Crippen LogP contribution in [0.4, 0.5) is 0 Å². The molecule has 14 heavy (non-hydrogen) atoms. The summed E-state index contributed by atoms with van der Waals surface area (Å²) in [6.45, 7) is 0.0437. The zero-order chi connectivity index (χ0) is 10.7. The molecule has 1 aromatic rings. The van der Waals surface area contributed by atoms with Gasteiger partial charge in [-0.15, -0.1) is 17.8 Å². The number of halogens is 2. The van der Waals surface area contributed by atoms with Crippen LogP contribution in [0.3, 0.4) is 0 Å². The Hall–Kier alpha value is -0.510. The summed E-state index contributed by atoms with van der Waals surface area (Å²) >= 11 is 7.49. The molecule has 0 spiro atoms. The van der Waals surface area contributed by atoms with Gasteiger partial charge in [0, 0.05) is 0 Å². The van der Waals surface area contributed by atoms with Gasteiger partial charge in [0.1, 0.15) is 6.61 Å². The Morgan fingerprint density at radius 1 is 1.64 bits per heavy atom. The highest BCUT2D eigenvalue weighted by Crippen LogP contribution is 2.43. The van der Waals surface area contributed by atoms with Gasteiger partial charge < -0.3 is 9.84 Å². The molecule has 0 saturated heterocycles. The van der Waals surface area contributed by atoms with E-state index in [1.165, 1.54) is 0 Å². The van der Waals surface area contributed by atoms with E-state index in [0.29, 0.717) is 8.26 Å². The van der Waals surface area contributed by atoms with Crippen molar-refractivity contribution in [1.29, 1.82) is 0 Å². The second-order valence-corrected chi connectivity index (χ2v) is 5.28. The predicted molar refractivity (Wildman–Crippen MR) is 61.0 cm³/mol. The molecular formula is C8H4Br2O3S. The molecule has 1 N–H and O–H groups in total. The molecular weight excluding hydrogens is 336 g/mol. The second kappa shape index (κ2) is 4.82. The predicted octanol–water partition coefficient (Wildman–Crippen LogP) is 2.98. The molecule has 0 aromatic carbocycles. The van der Waals surface area contributed by atoms with Crippen LogP contribution in [0.1, 0.15) is 9.67 Å². The number of terminal acetylenes is 1. The zero-order valence-electron chi connectivity index (χ0n) is 6.71. The number of aromatic carboxylic acids is 1. The van der Waals surface area contributed by atoms with Gasteiger partial charge in [0.15, 0.2) is 10.6 Å². The fourth-order valence-corrected chi connectivity index (χ4v) is 2.81. The molecule has 0 atom stereocenters. The molecule has 0 aliphatic heterocycles. The maximum atomic E-state index is 10.8. The molecule has 1 rings (SSSR count). The monoisotopic (exact) mass is 338 g/mol. The normalized spacial score (nSPS) is 9.50. The number of carboxylic acid groups (broad SMARTS) is 1. The Labute approximate surface area is 101 Å². The number of carboxylic acids is 1. The summed E-state index contributed by atoms with van der Waals surface area (Å²) in [5.74, 6) is 1.51. The largest absolute Gasteiger partial charge is 0.478 e. The topological polar surface area (TPSA) is 46.5 Å². The molecule has 1 aromatic heterocycles. The van der Waals surface area contributed by atoms with Crippen LogP contribution in [0.25, 0.3) is 0 Å². The number of hydrogen-bond donors (Lipinski definition) is 1. The van der Waals surface area contributed by atoms with E-state index < -0.39 is 5.97 Å². The standard InChI is InChI=1S/C8H4Br2O3S/c1-2-3-13-5-4(9)7(10)14-6(5)8(11)12/h1H,3H2,(H,11,12). The van der Waals surface area contributed by atoms with Crippen LogP contribution in [-0.4, -0.2) is 17.7 Å². The first-order valence-corrected chi connectivity index (χ1v) is 5.75. The maximum Gasteiger partial charge on any atom is 0.349 e. The summed E-state index contributed by atoms with van der Waals surface area (Å²) in [4.78, 5) is 10.9. The van der Waals surface area contributed by atoms with E-state index in [1.54, 1.807) is 0 Å². The highest BCUT2D eigenvalue weighted by molar-refractivity contribution is 9.13. The van der Waals surface area contributed by atoms with E-state index in [2.05, 4.69) is 37.8 Å². The molecule has 0 amide bonds. The maximum absolute atomic E-state index is 10.8. The van der Waals surface area contributed by atoms with E-state index in [-0.39, 0.29) is 17.2 Å². The van der Waals surface area contributed by atoms with Crippen molar-refractivity contribution in [3.63, 3.8) is 0 Å². The van der Waals surface area contributed by atoms with Crippen molar-refractivity contribution in [2.75, 3.05) is 6.61 Å². The van der Waals surface area contributed by atoms with Crippen LogP contribution in [0, 0.1) is 12.3 Å². The summed E-state index contributed by atoms with van der Waals surface area (Å²) in [5.41, 5.74) is 0. The van der Waals surface area contributed by atoms with Crippen molar-refractivity contribution in [2.45, 2.75) is 0 Å². The molecule has 0 bridgehead atoms. The van der Waals surface area contributed by atoms with E-state index in [4.69, 9.17) is 16.3 Å². The third-order valence-corrected chi connectivity index (χ3v) is 4.64. The van der Waals surface area contributed by atoms with Gasteiger partial charge in [0.05, 0.1) is 8.26 Å². The van der Waals surface area contributed by atoms with Gasteiger partial charge in [-0.25, -0.2) is 4.79 Å². The van der Waals surface area contributed by atoms with E-state index in [0.717, 1.165) is 11.3 Å². The van der Waals surface area contributed by atoms with Gasteiger partial charge in [-0.1, -0.05) is 5.92 Å². The Bertz CT molecular complexity index is 405. The van der Waals surface area contributed by atoms with Crippen molar-refractivity contribution < 1.29 is 14.6 Å². The quantitative estimate of drug-likeness (QED) is 0.861. The lowest BCUT2D eigenvalue weighted by Crippen LogP contribution is -1.99. The van der Waals surface area contributed by atoms with Crippen molar-refractivity contribution >= 4 is 49.2 Å². The third kappa shape index (κ3) is 2.29. The van der Waals surface area contributed by atoms with Crippen molar-refractivity contribution in [1.82, 2.24) is 0 Å². The van der Waals surface area contributed by atoms with Crippen molar-refractivity contribution in [3.05, 3.63) is 13.1 Å². The van der Waals surface area contributed by atoms with Gasteiger partial charge >= 0.3 is 5.97 Å². The van der Waals surface area contributed by atoms with Crippen LogP contribution in [0.5, 0.6) is 5.75 Å². The number of carbonyl (C=O) groups is 1. The smallest absolute Gasteiger partial charge is 0.349 e. The van der Waals surface area contributed by atoms with Gasteiger partial charge in [-0.3, -0.25) is 0 Å². The molecule has 0 aliphatic carbocycles. The SMILES string of the molecule is C#CCOc1c(C(=O)O)sc(Br)c1Br. The first-order valence-electron chi connectivity index (χ1n) is 3.35. The molecule has 74 valence electrons. The Morgan fingerprint density at radius 3 is 2.79 bits per heavy atom. The highest BCUT2D eigenvalue weighted by Gasteiger charge is 2.21. The van der Waals surface area contributed by atoms with Crippen LogP contribution in [-0.2, 0) is 0 Å². The molecule has 1 heterocycles. The van der Waals surface area contributed by atoms with Crippen LogP contribution in [0.15, 0.2) is 8.26 Å². The molecule has 0 saturated carbocycles. The molecule has 0 aliphatic rings. The minimum atomic E-state index is -1.03. The number of hydrogen-bond acceptors (Lipinski definition) is 3. The van der Waals surface area contributed by atoms with Crippen molar-refractivity contribution in [2.24, 2.45) is 0 Å². The molecule has 3 nitrogen and oxygen atoms in total. The fraction of sp³-hybridized carbons (Fsp3) is 0.125. The minimum absolute atomic E-state index is 0.0437. The Balaban J connectivity index is 3.11. The lowest BCUT2D eigenvalue weighted by atomic mass is 10.4. The minimum Gasteiger partial charge on any atom is -0.478 e. The lowest BCUT2D eigenvalue weighted by molar-refractivity contribution is 0.0698. The molecule has 0 unspecified atom stereocenters. The number of thiophene rings is 1. The summed E-state index contributed by atoms with van der Waals surface area (Å²) in [7, 11) is 0.